The van der Waals surface area contributed by atoms with Gasteiger partial charge in [-0.25, -0.2) is 9.18 Å². The minimum Gasteiger partial charge on any atom is -0.478 e. The minimum absolute atomic E-state index is 0.259. The molecule has 0 spiro atoms. The van der Waals surface area contributed by atoms with Crippen molar-refractivity contribution in [2.45, 2.75) is 51.6 Å². The Morgan fingerprint density at radius 1 is 1.33 bits per heavy atom. The fourth-order valence-electron chi connectivity index (χ4n) is 3.24. The first-order chi connectivity index (χ1) is 10.0. The molecule has 0 atom stereocenters. The van der Waals surface area contributed by atoms with Gasteiger partial charge < -0.3 is 5.11 Å². The zero-order chi connectivity index (χ0) is 15.4. The number of nitrogens with zero attached hydrogens (tertiary/aromatic N) is 1. The average Bonchev–Trinajstić information content (AvgIpc) is 2.47. The molecule has 0 bridgehead atoms. The molecule has 0 radical (unpaired) electrons. The van der Waals surface area contributed by atoms with E-state index in [0.29, 0.717) is 12.6 Å². The molecule has 1 N–H and O–H groups in total. The molecular formula is C17H24FNO2. The molecule has 1 fully saturated rings. The van der Waals surface area contributed by atoms with Crippen molar-refractivity contribution in [1.29, 1.82) is 0 Å². The van der Waals surface area contributed by atoms with Crippen LogP contribution in [-0.4, -0.2) is 29.1 Å². The molecule has 0 unspecified atom stereocenters. The Hall–Kier alpha value is -1.42. The Balaban J connectivity index is 1.95. The molecule has 2 rings (SSSR count). The molecule has 0 aromatic heterocycles. The molecule has 1 saturated carbocycles. The maximum absolute atomic E-state index is 13.7. The van der Waals surface area contributed by atoms with E-state index in [1.165, 1.54) is 44.2 Å². The lowest BCUT2D eigenvalue weighted by Crippen LogP contribution is -2.34. The van der Waals surface area contributed by atoms with Crippen molar-refractivity contribution < 1.29 is 14.3 Å². The van der Waals surface area contributed by atoms with Crippen LogP contribution >= 0.6 is 0 Å². The molecule has 0 amide bonds. The monoisotopic (exact) mass is 293 g/mol. The molecule has 0 aliphatic heterocycles. The summed E-state index contributed by atoms with van der Waals surface area (Å²) in [5, 5.41) is 8.84. The maximum Gasteiger partial charge on any atom is 0.338 e. The second kappa shape index (κ2) is 7.03. The molecule has 4 heteroatoms. The summed E-state index contributed by atoms with van der Waals surface area (Å²) in [5.41, 5.74) is 0.572. The minimum atomic E-state index is -1.22. The SMILES string of the molecule is CCC1CCC(N(C)Cc2ccc(C(=O)O)c(F)c2)CC1. The highest BCUT2D eigenvalue weighted by molar-refractivity contribution is 5.87. The van der Waals surface area contributed by atoms with Crippen LogP contribution in [0.15, 0.2) is 18.2 Å². The van der Waals surface area contributed by atoms with Crippen LogP contribution in [0.1, 0.15) is 54.9 Å². The van der Waals surface area contributed by atoms with E-state index in [4.69, 9.17) is 5.11 Å². The third-order valence-corrected chi connectivity index (χ3v) is 4.71. The van der Waals surface area contributed by atoms with Gasteiger partial charge in [0.1, 0.15) is 5.82 Å². The van der Waals surface area contributed by atoms with Gasteiger partial charge in [0, 0.05) is 12.6 Å². The van der Waals surface area contributed by atoms with Gasteiger partial charge in [-0.15, -0.1) is 0 Å². The number of rotatable bonds is 5. The summed E-state index contributed by atoms with van der Waals surface area (Å²) < 4.78 is 13.7. The predicted molar refractivity (Wildman–Crippen MR) is 80.9 cm³/mol. The second-order valence-corrected chi connectivity index (χ2v) is 6.12. The zero-order valence-electron chi connectivity index (χ0n) is 12.8. The highest BCUT2D eigenvalue weighted by atomic mass is 19.1. The van der Waals surface area contributed by atoms with Crippen LogP contribution in [0.5, 0.6) is 0 Å². The smallest absolute Gasteiger partial charge is 0.338 e. The summed E-state index contributed by atoms with van der Waals surface area (Å²) in [7, 11) is 2.07. The highest BCUT2D eigenvalue weighted by Gasteiger charge is 2.23. The second-order valence-electron chi connectivity index (χ2n) is 6.12. The van der Waals surface area contributed by atoms with Gasteiger partial charge >= 0.3 is 5.97 Å². The number of carboxylic acid groups (broad SMARTS) is 1. The summed E-state index contributed by atoms with van der Waals surface area (Å²) in [6, 6.07) is 4.96. The standard InChI is InChI=1S/C17H24FNO2/c1-3-12-4-7-14(8-5-12)19(2)11-13-6-9-15(17(20)21)16(18)10-13/h6,9-10,12,14H,3-5,7-8,11H2,1-2H3,(H,20,21). The van der Waals surface area contributed by atoms with Crippen molar-refractivity contribution in [3.05, 3.63) is 35.1 Å². The van der Waals surface area contributed by atoms with E-state index >= 15 is 0 Å². The van der Waals surface area contributed by atoms with Crippen LogP contribution in [0, 0.1) is 11.7 Å². The normalized spacial score (nSPS) is 22.5. The van der Waals surface area contributed by atoms with Crippen LogP contribution in [0.4, 0.5) is 4.39 Å². The van der Waals surface area contributed by atoms with Crippen LogP contribution in [0.2, 0.25) is 0 Å². The fraction of sp³-hybridized carbons (Fsp3) is 0.588. The Labute approximate surface area is 125 Å². The third kappa shape index (κ3) is 4.03. The Kier molecular flexibility index (Phi) is 5.34. The van der Waals surface area contributed by atoms with E-state index in [1.54, 1.807) is 6.07 Å². The van der Waals surface area contributed by atoms with Gasteiger partial charge in [-0.2, -0.15) is 0 Å². The van der Waals surface area contributed by atoms with E-state index in [9.17, 15) is 9.18 Å². The van der Waals surface area contributed by atoms with Crippen LogP contribution in [-0.2, 0) is 6.54 Å². The van der Waals surface area contributed by atoms with E-state index in [0.717, 1.165) is 11.5 Å². The first-order valence-corrected chi connectivity index (χ1v) is 7.73. The molecule has 1 aromatic carbocycles. The molecule has 1 aliphatic rings. The van der Waals surface area contributed by atoms with Crippen molar-refractivity contribution >= 4 is 5.97 Å². The zero-order valence-corrected chi connectivity index (χ0v) is 12.8. The van der Waals surface area contributed by atoms with Gasteiger partial charge in [0.25, 0.3) is 0 Å². The molecule has 116 valence electrons. The third-order valence-electron chi connectivity index (χ3n) is 4.71. The first-order valence-electron chi connectivity index (χ1n) is 7.73. The van der Waals surface area contributed by atoms with Crippen LogP contribution < -0.4 is 0 Å². The molecule has 1 aliphatic carbocycles. The van der Waals surface area contributed by atoms with Crippen molar-refractivity contribution in [1.82, 2.24) is 4.90 Å². The van der Waals surface area contributed by atoms with E-state index in [-0.39, 0.29) is 5.56 Å². The lowest BCUT2D eigenvalue weighted by atomic mass is 9.84. The molecular weight excluding hydrogens is 269 g/mol. The largest absolute Gasteiger partial charge is 0.478 e. The van der Waals surface area contributed by atoms with Gasteiger partial charge in [-0.3, -0.25) is 4.90 Å². The summed E-state index contributed by atoms with van der Waals surface area (Å²) in [4.78, 5) is 13.1. The first kappa shape index (κ1) is 16.0. The van der Waals surface area contributed by atoms with E-state index in [1.807, 2.05) is 0 Å². The summed E-state index contributed by atoms with van der Waals surface area (Å²) in [6.45, 7) is 2.92. The quantitative estimate of drug-likeness (QED) is 0.894. The number of benzene rings is 1. The Bertz CT molecular complexity index is 496. The number of hydrogen-bond acceptors (Lipinski definition) is 2. The van der Waals surface area contributed by atoms with E-state index < -0.39 is 11.8 Å². The summed E-state index contributed by atoms with van der Waals surface area (Å²) in [5.74, 6) is -1.00. The van der Waals surface area contributed by atoms with Crippen molar-refractivity contribution in [3.8, 4) is 0 Å². The van der Waals surface area contributed by atoms with Gasteiger partial charge in [0.2, 0.25) is 0 Å². The lowest BCUT2D eigenvalue weighted by molar-refractivity contribution is 0.0692. The van der Waals surface area contributed by atoms with E-state index in [2.05, 4.69) is 18.9 Å². The number of carbonyl (C=O) groups is 1. The number of carboxylic acids is 1. The molecule has 21 heavy (non-hydrogen) atoms. The summed E-state index contributed by atoms with van der Waals surface area (Å²) >= 11 is 0. The van der Waals surface area contributed by atoms with Crippen molar-refractivity contribution in [2.75, 3.05) is 7.05 Å². The van der Waals surface area contributed by atoms with Gasteiger partial charge in [0.05, 0.1) is 5.56 Å². The van der Waals surface area contributed by atoms with Gasteiger partial charge in [-0.05, 0) is 56.3 Å². The maximum atomic E-state index is 13.7. The summed E-state index contributed by atoms with van der Waals surface area (Å²) in [6.07, 6.45) is 6.21. The van der Waals surface area contributed by atoms with Gasteiger partial charge in [-0.1, -0.05) is 19.4 Å². The predicted octanol–water partition coefficient (Wildman–Crippen LogP) is 3.92. The topological polar surface area (TPSA) is 40.5 Å². The Morgan fingerprint density at radius 3 is 2.52 bits per heavy atom. The van der Waals surface area contributed by atoms with Crippen LogP contribution in [0.25, 0.3) is 0 Å². The van der Waals surface area contributed by atoms with Crippen molar-refractivity contribution in [2.24, 2.45) is 5.92 Å². The lowest BCUT2D eigenvalue weighted by Gasteiger charge is -2.34. The highest BCUT2D eigenvalue weighted by Crippen LogP contribution is 2.29. The molecule has 3 nitrogen and oxygen atoms in total. The van der Waals surface area contributed by atoms with Crippen molar-refractivity contribution in [3.63, 3.8) is 0 Å². The number of aromatic carboxylic acids is 1. The molecule has 0 heterocycles. The Morgan fingerprint density at radius 2 is 2.00 bits per heavy atom. The molecule has 0 saturated heterocycles. The number of halogens is 1. The van der Waals surface area contributed by atoms with Gasteiger partial charge in [0.15, 0.2) is 0 Å². The average molecular weight is 293 g/mol. The van der Waals surface area contributed by atoms with Crippen LogP contribution in [0.3, 0.4) is 0 Å². The fourth-order valence-corrected chi connectivity index (χ4v) is 3.24. The molecule has 1 aromatic rings. The number of hydrogen-bond donors (Lipinski definition) is 1.